The van der Waals surface area contributed by atoms with Gasteiger partial charge in [0.05, 0.1) is 22.4 Å². The van der Waals surface area contributed by atoms with Gasteiger partial charge < -0.3 is 5.11 Å². The van der Waals surface area contributed by atoms with Crippen molar-refractivity contribution >= 4 is 34.6 Å². The lowest BCUT2D eigenvalue weighted by Gasteiger charge is -2.29. The van der Waals surface area contributed by atoms with Crippen LogP contribution < -0.4 is 0 Å². The van der Waals surface area contributed by atoms with Gasteiger partial charge in [0.25, 0.3) is 5.91 Å². The van der Waals surface area contributed by atoms with Gasteiger partial charge in [0.2, 0.25) is 0 Å². The zero-order valence-electron chi connectivity index (χ0n) is 7.85. The van der Waals surface area contributed by atoms with E-state index in [0.29, 0.717) is 15.8 Å². The van der Waals surface area contributed by atoms with Gasteiger partial charge in [-0.15, -0.1) is 0 Å². The molecule has 1 aliphatic rings. The molecule has 0 spiro atoms. The van der Waals surface area contributed by atoms with Crippen molar-refractivity contribution in [3.63, 3.8) is 0 Å². The first-order valence-electron chi connectivity index (χ1n) is 4.30. The van der Waals surface area contributed by atoms with Crippen LogP contribution in [0.15, 0.2) is 6.20 Å². The first-order valence-corrected chi connectivity index (χ1v) is 5.38. The Kier molecular flexibility index (Phi) is 2.41. The molecule has 0 saturated carbocycles. The number of hydrogen-bond donors (Lipinski definition) is 1. The molecule has 1 unspecified atom stereocenters. The number of amides is 2. The fraction of sp³-hybridized carbons (Fsp3) is 0.375. The molecular formula is C8H8IN3O3. The highest BCUT2D eigenvalue weighted by Gasteiger charge is 2.36. The van der Waals surface area contributed by atoms with Crippen molar-refractivity contribution in [2.45, 2.75) is 19.5 Å². The van der Waals surface area contributed by atoms with E-state index in [0.717, 1.165) is 4.90 Å². The van der Waals surface area contributed by atoms with E-state index < -0.39 is 12.0 Å². The fourth-order valence-electron chi connectivity index (χ4n) is 1.64. The Hall–Kier alpha value is -1.12. The summed E-state index contributed by atoms with van der Waals surface area (Å²) in [6, 6.07) is -0.377. The summed E-state index contributed by atoms with van der Waals surface area (Å²) in [5.74, 6) is -0.497. The van der Waals surface area contributed by atoms with Gasteiger partial charge in [-0.1, -0.05) is 0 Å². The zero-order chi connectivity index (χ0) is 11.2. The van der Waals surface area contributed by atoms with Crippen molar-refractivity contribution in [2.75, 3.05) is 0 Å². The molecule has 0 aromatic carbocycles. The molecule has 1 aromatic heterocycles. The molecule has 0 aliphatic carbocycles. The summed E-state index contributed by atoms with van der Waals surface area (Å²) < 4.78 is 2.23. The molecule has 0 radical (unpaired) electrons. The van der Waals surface area contributed by atoms with Gasteiger partial charge in [0, 0.05) is 0 Å². The molecule has 2 heterocycles. The standard InChI is InChI=1S/C8H8IN3O3/c1-4-3-11-6(5(9)2-10-11)7(13)12(4)8(14)15/h2,4H,3H2,1H3,(H,14,15). The minimum absolute atomic E-state index is 0.358. The molecule has 0 saturated heterocycles. The third kappa shape index (κ3) is 1.50. The molecule has 2 rings (SSSR count). The molecule has 1 aliphatic heterocycles. The van der Waals surface area contributed by atoms with Gasteiger partial charge in [-0.25, -0.2) is 9.69 Å². The highest BCUT2D eigenvalue weighted by atomic mass is 127. The van der Waals surface area contributed by atoms with Crippen LogP contribution >= 0.6 is 22.6 Å². The van der Waals surface area contributed by atoms with Gasteiger partial charge in [-0.3, -0.25) is 9.48 Å². The summed E-state index contributed by atoms with van der Waals surface area (Å²) in [5.41, 5.74) is 0.358. The number of carbonyl (C=O) groups is 2. The smallest absolute Gasteiger partial charge is 0.414 e. The summed E-state index contributed by atoms with van der Waals surface area (Å²) in [6.07, 6.45) is 0.349. The summed E-state index contributed by atoms with van der Waals surface area (Å²) in [4.78, 5) is 23.6. The number of hydrogen-bond acceptors (Lipinski definition) is 3. The highest BCUT2D eigenvalue weighted by Crippen LogP contribution is 2.21. The lowest BCUT2D eigenvalue weighted by atomic mass is 10.2. The third-order valence-electron chi connectivity index (χ3n) is 2.30. The maximum atomic E-state index is 11.8. The molecule has 15 heavy (non-hydrogen) atoms. The predicted octanol–water partition coefficient (Wildman–Crippen LogP) is 1.01. The molecular weight excluding hydrogens is 313 g/mol. The van der Waals surface area contributed by atoms with Crippen molar-refractivity contribution in [1.82, 2.24) is 14.7 Å². The summed E-state index contributed by atoms with van der Waals surface area (Å²) >= 11 is 1.97. The summed E-state index contributed by atoms with van der Waals surface area (Å²) in [7, 11) is 0. The van der Waals surface area contributed by atoms with Crippen LogP contribution in [0.25, 0.3) is 0 Å². The van der Waals surface area contributed by atoms with E-state index in [9.17, 15) is 9.59 Å². The molecule has 0 bridgehead atoms. The molecule has 7 heteroatoms. The number of rotatable bonds is 0. The molecule has 2 amide bonds. The van der Waals surface area contributed by atoms with Gasteiger partial charge in [0.15, 0.2) is 0 Å². The lowest BCUT2D eigenvalue weighted by Crippen LogP contribution is -2.49. The van der Waals surface area contributed by atoms with Crippen LogP contribution in [0.5, 0.6) is 0 Å². The SMILES string of the molecule is CC1Cn2ncc(I)c2C(=O)N1C(=O)O. The van der Waals surface area contributed by atoms with Crippen LogP contribution in [0.3, 0.4) is 0 Å². The fourth-order valence-corrected chi connectivity index (χ4v) is 2.27. The number of halogens is 1. The van der Waals surface area contributed by atoms with E-state index in [1.807, 2.05) is 22.6 Å². The topological polar surface area (TPSA) is 75.4 Å². The minimum Gasteiger partial charge on any atom is -0.465 e. The number of nitrogens with zero attached hydrogens (tertiary/aromatic N) is 3. The Bertz CT molecular complexity index is 442. The maximum absolute atomic E-state index is 11.8. The van der Waals surface area contributed by atoms with Crippen LogP contribution in [0.4, 0.5) is 4.79 Å². The van der Waals surface area contributed by atoms with Gasteiger partial charge in [-0.05, 0) is 29.5 Å². The average molecular weight is 321 g/mol. The Morgan fingerprint density at radius 3 is 3.00 bits per heavy atom. The second-order valence-electron chi connectivity index (χ2n) is 3.33. The molecule has 6 nitrogen and oxygen atoms in total. The van der Waals surface area contributed by atoms with Gasteiger partial charge in [0.1, 0.15) is 5.69 Å². The Morgan fingerprint density at radius 2 is 2.40 bits per heavy atom. The van der Waals surface area contributed by atoms with Crippen molar-refractivity contribution in [2.24, 2.45) is 0 Å². The first-order chi connectivity index (χ1) is 7.02. The number of imide groups is 1. The van der Waals surface area contributed by atoms with E-state index >= 15 is 0 Å². The number of carbonyl (C=O) groups excluding carboxylic acids is 1. The second-order valence-corrected chi connectivity index (χ2v) is 4.49. The maximum Gasteiger partial charge on any atom is 0.414 e. The zero-order valence-corrected chi connectivity index (χ0v) is 10.0. The minimum atomic E-state index is -1.21. The molecule has 1 aromatic rings. The van der Waals surface area contributed by atoms with Gasteiger partial charge in [-0.2, -0.15) is 5.10 Å². The third-order valence-corrected chi connectivity index (χ3v) is 3.09. The normalized spacial score (nSPS) is 20.3. The summed E-state index contributed by atoms with van der Waals surface area (Å²) in [6.45, 7) is 2.10. The quantitative estimate of drug-likeness (QED) is 0.724. The van der Waals surface area contributed by atoms with Crippen LogP contribution in [0, 0.1) is 3.57 Å². The Labute approximate surface area is 99.0 Å². The van der Waals surface area contributed by atoms with Crippen LogP contribution in [0.1, 0.15) is 17.4 Å². The van der Waals surface area contributed by atoms with Crippen molar-refractivity contribution in [1.29, 1.82) is 0 Å². The average Bonchev–Trinajstić information content (AvgIpc) is 2.46. The largest absolute Gasteiger partial charge is 0.465 e. The van der Waals surface area contributed by atoms with Crippen molar-refractivity contribution in [3.8, 4) is 0 Å². The molecule has 1 atom stereocenters. The number of fused-ring (bicyclic) bond motifs is 1. The second kappa shape index (κ2) is 3.47. The van der Waals surface area contributed by atoms with E-state index in [-0.39, 0.29) is 6.04 Å². The van der Waals surface area contributed by atoms with Crippen LogP contribution in [-0.2, 0) is 6.54 Å². The monoisotopic (exact) mass is 321 g/mol. The van der Waals surface area contributed by atoms with E-state index in [4.69, 9.17) is 5.11 Å². The Balaban J connectivity index is 2.50. The highest BCUT2D eigenvalue weighted by molar-refractivity contribution is 14.1. The van der Waals surface area contributed by atoms with Crippen molar-refractivity contribution < 1.29 is 14.7 Å². The lowest BCUT2D eigenvalue weighted by molar-refractivity contribution is 0.0597. The van der Waals surface area contributed by atoms with Crippen LogP contribution in [-0.4, -0.2) is 37.8 Å². The summed E-state index contributed by atoms with van der Waals surface area (Å²) in [5, 5.41) is 12.9. The molecule has 0 fully saturated rings. The number of aromatic nitrogens is 2. The number of carboxylic acid groups (broad SMARTS) is 1. The van der Waals surface area contributed by atoms with E-state index in [2.05, 4.69) is 5.10 Å². The molecule has 1 N–H and O–H groups in total. The predicted molar refractivity (Wildman–Crippen MR) is 58.6 cm³/mol. The van der Waals surface area contributed by atoms with E-state index in [1.54, 1.807) is 17.8 Å². The van der Waals surface area contributed by atoms with Gasteiger partial charge >= 0.3 is 6.09 Å². The van der Waals surface area contributed by atoms with E-state index in [1.165, 1.54) is 0 Å². The first kappa shape index (κ1) is 10.4. The Morgan fingerprint density at radius 1 is 1.73 bits per heavy atom. The van der Waals surface area contributed by atoms with Crippen LogP contribution in [0.2, 0.25) is 0 Å². The van der Waals surface area contributed by atoms with Crippen molar-refractivity contribution in [3.05, 3.63) is 15.5 Å². The molecule has 80 valence electrons.